The lowest BCUT2D eigenvalue weighted by Gasteiger charge is -2.29. The Balaban J connectivity index is 1.74. The highest BCUT2D eigenvalue weighted by Crippen LogP contribution is 2.25. The molecule has 2 heterocycles. The summed E-state index contributed by atoms with van der Waals surface area (Å²) in [5.41, 5.74) is 1.53. The summed E-state index contributed by atoms with van der Waals surface area (Å²) in [6.45, 7) is 5.35. The van der Waals surface area contributed by atoms with Crippen molar-refractivity contribution in [3.63, 3.8) is 0 Å². The van der Waals surface area contributed by atoms with Crippen molar-refractivity contribution in [2.75, 3.05) is 13.1 Å². The molecule has 1 saturated heterocycles. The van der Waals surface area contributed by atoms with Crippen molar-refractivity contribution < 1.29 is 14.0 Å². The fourth-order valence-electron chi connectivity index (χ4n) is 2.84. The van der Waals surface area contributed by atoms with E-state index < -0.39 is 0 Å². The quantitative estimate of drug-likeness (QED) is 0.804. The maximum Gasteiger partial charge on any atom is 0.289 e. The summed E-state index contributed by atoms with van der Waals surface area (Å²) in [5.74, 6) is 1.71. The fourth-order valence-corrected chi connectivity index (χ4v) is 2.84. The van der Waals surface area contributed by atoms with Gasteiger partial charge in [0.15, 0.2) is 11.5 Å². The zero-order valence-corrected chi connectivity index (χ0v) is 13.5. The lowest BCUT2D eigenvalue weighted by molar-refractivity contribution is 0.0666. The second-order valence-corrected chi connectivity index (χ2v) is 6.27. The van der Waals surface area contributed by atoms with Crippen LogP contribution in [0.5, 0.6) is 0 Å². The topological polar surface area (TPSA) is 50.5 Å². The van der Waals surface area contributed by atoms with Crippen molar-refractivity contribution in [1.29, 1.82) is 0 Å². The van der Waals surface area contributed by atoms with Crippen molar-refractivity contribution in [2.45, 2.75) is 26.7 Å². The number of ketones is 1. The van der Waals surface area contributed by atoms with Gasteiger partial charge in [-0.25, -0.2) is 0 Å². The van der Waals surface area contributed by atoms with Gasteiger partial charge in [0.2, 0.25) is 0 Å². The molecular weight excluding hydrogens is 290 g/mol. The average Bonchev–Trinajstić information content (AvgIpc) is 3.05. The molecule has 1 amide bonds. The average molecular weight is 311 g/mol. The number of benzene rings is 1. The zero-order chi connectivity index (χ0) is 16.4. The highest BCUT2D eigenvalue weighted by molar-refractivity contribution is 5.94. The number of rotatable bonds is 3. The maximum absolute atomic E-state index is 12.5. The molecule has 1 aliphatic heterocycles. The summed E-state index contributed by atoms with van der Waals surface area (Å²) in [5, 5.41) is 0. The summed E-state index contributed by atoms with van der Waals surface area (Å²) in [7, 11) is 0. The van der Waals surface area contributed by atoms with Crippen LogP contribution in [-0.2, 0) is 0 Å². The van der Waals surface area contributed by atoms with Crippen molar-refractivity contribution in [1.82, 2.24) is 4.90 Å². The lowest BCUT2D eigenvalue weighted by atomic mass is 9.99. The predicted octanol–water partition coefficient (Wildman–Crippen LogP) is 4.02. The SMILES string of the molecule is CC(=O)c1ccc(-c2ccc(C(=O)N3CCC(C)CC3)o2)cc1. The molecule has 0 saturated carbocycles. The second kappa shape index (κ2) is 6.41. The van der Waals surface area contributed by atoms with Gasteiger partial charge in [-0.05, 0) is 37.8 Å². The van der Waals surface area contributed by atoms with E-state index in [4.69, 9.17) is 4.42 Å². The number of nitrogens with zero attached hydrogens (tertiary/aromatic N) is 1. The van der Waals surface area contributed by atoms with E-state index in [-0.39, 0.29) is 11.7 Å². The minimum absolute atomic E-state index is 0.0335. The van der Waals surface area contributed by atoms with Crippen LogP contribution < -0.4 is 0 Å². The van der Waals surface area contributed by atoms with Crippen LogP contribution in [0.15, 0.2) is 40.8 Å². The smallest absolute Gasteiger partial charge is 0.289 e. The molecule has 1 aromatic heterocycles. The Labute approximate surface area is 136 Å². The molecule has 1 aliphatic rings. The van der Waals surface area contributed by atoms with Gasteiger partial charge < -0.3 is 9.32 Å². The molecule has 0 N–H and O–H groups in total. The van der Waals surface area contributed by atoms with Crippen LogP contribution in [0.25, 0.3) is 11.3 Å². The molecule has 0 atom stereocenters. The Hall–Kier alpha value is -2.36. The molecule has 1 fully saturated rings. The number of piperidine rings is 1. The van der Waals surface area contributed by atoms with Gasteiger partial charge >= 0.3 is 0 Å². The number of amides is 1. The minimum Gasteiger partial charge on any atom is -0.451 e. The van der Waals surface area contributed by atoms with Crippen molar-refractivity contribution in [3.8, 4) is 11.3 Å². The fraction of sp³-hybridized carbons (Fsp3) is 0.368. The van der Waals surface area contributed by atoms with Gasteiger partial charge in [-0.3, -0.25) is 9.59 Å². The van der Waals surface area contributed by atoms with Crippen molar-refractivity contribution in [3.05, 3.63) is 47.7 Å². The molecule has 0 aliphatic carbocycles. The third kappa shape index (κ3) is 3.36. The van der Waals surface area contributed by atoms with Crippen LogP contribution in [0.1, 0.15) is 47.6 Å². The van der Waals surface area contributed by atoms with E-state index in [2.05, 4.69) is 6.92 Å². The van der Waals surface area contributed by atoms with Crippen LogP contribution in [-0.4, -0.2) is 29.7 Å². The Morgan fingerprint density at radius 3 is 2.30 bits per heavy atom. The predicted molar refractivity (Wildman–Crippen MR) is 88.5 cm³/mol. The number of Topliss-reactive ketones (excluding diaryl/α,β-unsaturated/α-hetero) is 1. The first-order valence-corrected chi connectivity index (χ1v) is 8.05. The standard InChI is InChI=1S/C19H21NO3/c1-13-9-11-20(12-10-13)19(22)18-8-7-17(23-18)16-5-3-15(4-6-16)14(2)21/h3-8,13H,9-12H2,1-2H3. The molecule has 0 bridgehead atoms. The molecule has 0 spiro atoms. The maximum atomic E-state index is 12.5. The van der Waals surface area contributed by atoms with Gasteiger partial charge in [-0.15, -0.1) is 0 Å². The van der Waals surface area contributed by atoms with E-state index in [1.165, 1.54) is 6.92 Å². The van der Waals surface area contributed by atoms with E-state index in [0.717, 1.165) is 31.5 Å². The summed E-state index contributed by atoms with van der Waals surface area (Å²) in [6, 6.07) is 10.8. The van der Waals surface area contributed by atoms with Gasteiger partial charge in [-0.1, -0.05) is 31.2 Å². The summed E-state index contributed by atoms with van der Waals surface area (Å²) < 4.78 is 5.74. The van der Waals surface area contributed by atoms with Gasteiger partial charge in [0, 0.05) is 24.2 Å². The minimum atomic E-state index is -0.0384. The normalized spacial score (nSPS) is 15.7. The van der Waals surface area contributed by atoms with Gasteiger partial charge in [0.25, 0.3) is 5.91 Å². The Morgan fingerprint density at radius 2 is 1.70 bits per heavy atom. The van der Waals surface area contributed by atoms with E-state index in [0.29, 0.717) is 23.0 Å². The highest BCUT2D eigenvalue weighted by atomic mass is 16.4. The molecule has 4 heteroatoms. The number of carbonyl (C=O) groups is 2. The van der Waals surface area contributed by atoms with Crippen molar-refractivity contribution in [2.24, 2.45) is 5.92 Å². The number of hydrogen-bond donors (Lipinski definition) is 0. The van der Waals surface area contributed by atoms with Crippen LogP contribution >= 0.6 is 0 Å². The first-order valence-electron chi connectivity index (χ1n) is 8.05. The van der Waals surface area contributed by atoms with Crippen LogP contribution in [0, 0.1) is 5.92 Å². The van der Waals surface area contributed by atoms with E-state index in [1.54, 1.807) is 18.2 Å². The largest absolute Gasteiger partial charge is 0.451 e. The molecule has 4 nitrogen and oxygen atoms in total. The Kier molecular flexibility index (Phi) is 4.33. The molecule has 23 heavy (non-hydrogen) atoms. The molecule has 3 rings (SSSR count). The second-order valence-electron chi connectivity index (χ2n) is 6.27. The van der Waals surface area contributed by atoms with Crippen LogP contribution in [0.3, 0.4) is 0 Å². The first kappa shape index (κ1) is 15.5. The third-order valence-corrected chi connectivity index (χ3v) is 4.46. The summed E-state index contributed by atoms with van der Waals surface area (Å²) in [6.07, 6.45) is 2.09. The monoisotopic (exact) mass is 311 g/mol. The van der Waals surface area contributed by atoms with Crippen molar-refractivity contribution >= 4 is 11.7 Å². The zero-order valence-electron chi connectivity index (χ0n) is 13.5. The molecule has 2 aromatic rings. The van der Waals surface area contributed by atoms with E-state index in [9.17, 15) is 9.59 Å². The summed E-state index contributed by atoms with van der Waals surface area (Å²) >= 11 is 0. The number of hydrogen-bond acceptors (Lipinski definition) is 3. The van der Waals surface area contributed by atoms with E-state index in [1.807, 2.05) is 23.1 Å². The molecule has 0 unspecified atom stereocenters. The first-order chi connectivity index (χ1) is 11.0. The Bertz CT molecular complexity index is 706. The molecular formula is C19H21NO3. The lowest BCUT2D eigenvalue weighted by Crippen LogP contribution is -2.37. The summed E-state index contributed by atoms with van der Waals surface area (Å²) in [4.78, 5) is 25.7. The molecule has 1 aromatic carbocycles. The number of furan rings is 1. The van der Waals surface area contributed by atoms with E-state index >= 15 is 0 Å². The number of likely N-dealkylation sites (tertiary alicyclic amines) is 1. The van der Waals surface area contributed by atoms with Crippen LogP contribution in [0.2, 0.25) is 0 Å². The number of carbonyl (C=O) groups excluding carboxylic acids is 2. The van der Waals surface area contributed by atoms with Gasteiger partial charge in [0.05, 0.1) is 0 Å². The van der Waals surface area contributed by atoms with Gasteiger partial charge in [-0.2, -0.15) is 0 Å². The highest BCUT2D eigenvalue weighted by Gasteiger charge is 2.23. The molecule has 0 radical (unpaired) electrons. The Morgan fingerprint density at radius 1 is 1.04 bits per heavy atom. The molecule has 120 valence electrons. The third-order valence-electron chi connectivity index (χ3n) is 4.46. The van der Waals surface area contributed by atoms with Gasteiger partial charge in [0.1, 0.15) is 5.76 Å². The van der Waals surface area contributed by atoms with Crippen LogP contribution in [0.4, 0.5) is 0 Å².